The molecular formula is C19H28BrIN4O2. The van der Waals surface area contributed by atoms with Crippen LogP contribution < -0.4 is 10.1 Å². The molecule has 2 rings (SSSR count). The van der Waals surface area contributed by atoms with Gasteiger partial charge in [0.05, 0.1) is 26.9 Å². The standard InChI is InChI=1S/C19H27BrN4O2.HI/c1-21-19(24(3)13-17-11-16(20)12-23(17)2)22-8-9-26-14-15-6-5-7-18(10-15)25-4;/h5-7,10-12H,8-9,13-14H2,1-4H3,(H,21,22);1H. The number of aryl methyl sites for hydroxylation is 1. The second kappa shape index (κ2) is 12.2. The minimum Gasteiger partial charge on any atom is -0.497 e. The zero-order valence-corrected chi connectivity index (χ0v) is 20.2. The summed E-state index contributed by atoms with van der Waals surface area (Å²) < 4.78 is 14.1. The molecule has 6 nitrogen and oxygen atoms in total. The van der Waals surface area contributed by atoms with E-state index in [4.69, 9.17) is 9.47 Å². The highest BCUT2D eigenvalue weighted by atomic mass is 127. The Morgan fingerprint density at radius 1 is 1.33 bits per heavy atom. The van der Waals surface area contributed by atoms with Crippen LogP contribution in [0.1, 0.15) is 11.3 Å². The summed E-state index contributed by atoms with van der Waals surface area (Å²) in [6.45, 7) is 2.62. The van der Waals surface area contributed by atoms with Crippen molar-refractivity contribution in [3.63, 3.8) is 0 Å². The second-order valence-corrected chi connectivity index (χ2v) is 6.91. The Bertz CT molecular complexity index is 736. The molecule has 0 aliphatic heterocycles. The highest BCUT2D eigenvalue weighted by molar-refractivity contribution is 14.0. The fourth-order valence-corrected chi connectivity index (χ4v) is 3.18. The summed E-state index contributed by atoms with van der Waals surface area (Å²) in [5.41, 5.74) is 2.30. The molecule has 27 heavy (non-hydrogen) atoms. The van der Waals surface area contributed by atoms with Gasteiger partial charge in [0.1, 0.15) is 5.75 Å². The van der Waals surface area contributed by atoms with Crippen molar-refractivity contribution in [3.8, 4) is 5.75 Å². The third-order valence-electron chi connectivity index (χ3n) is 3.98. The zero-order chi connectivity index (χ0) is 18.9. The first-order valence-corrected chi connectivity index (χ1v) is 9.26. The van der Waals surface area contributed by atoms with Gasteiger partial charge in [0.25, 0.3) is 0 Å². The van der Waals surface area contributed by atoms with Gasteiger partial charge in [0.15, 0.2) is 5.96 Å². The number of nitrogens with zero attached hydrogens (tertiary/aromatic N) is 3. The van der Waals surface area contributed by atoms with Crippen LogP contribution in [0.3, 0.4) is 0 Å². The summed E-state index contributed by atoms with van der Waals surface area (Å²) in [5, 5.41) is 3.33. The second-order valence-electron chi connectivity index (χ2n) is 5.99. The summed E-state index contributed by atoms with van der Waals surface area (Å²) in [5.74, 6) is 1.69. The number of ether oxygens (including phenoxy) is 2. The molecule has 1 N–H and O–H groups in total. The molecule has 1 heterocycles. The van der Waals surface area contributed by atoms with Crippen LogP contribution in [0.5, 0.6) is 5.75 Å². The van der Waals surface area contributed by atoms with E-state index in [2.05, 4.69) is 41.8 Å². The number of halogens is 2. The number of aromatic nitrogens is 1. The van der Waals surface area contributed by atoms with Crippen LogP contribution in [0.2, 0.25) is 0 Å². The van der Waals surface area contributed by atoms with Gasteiger partial charge in [-0.2, -0.15) is 0 Å². The molecule has 0 bridgehead atoms. The Kier molecular flexibility index (Phi) is 10.8. The van der Waals surface area contributed by atoms with E-state index in [1.807, 2.05) is 44.6 Å². The van der Waals surface area contributed by atoms with E-state index in [9.17, 15) is 0 Å². The van der Waals surface area contributed by atoms with E-state index >= 15 is 0 Å². The van der Waals surface area contributed by atoms with Gasteiger partial charge < -0.3 is 24.3 Å². The number of methoxy groups -OCH3 is 1. The van der Waals surface area contributed by atoms with E-state index in [1.165, 1.54) is 5.69 Å². The summed E-state index contributed by atoms with van der Waals surface area (Å²) in [6, 6.07) is 10.0. The van der Waals surface area contributed by atoms with Gasteiger partial charge in [-0.05, 0) is 39.7 Å². The third-order valence-corrected chi connectivity index (χ3v) is 4.41. The topological polar surface area (TPSA) is 51.0 Å². The van der Waals surface area contributed by atoms with Crippen LogP contribution >= 0.6 is 39.9 Å². The molecule has 0 fully saturated rings. The van der Waals surface area contributed by atoms with E-state index in [1.54, 1.807) is 14.2 Å². The molecule has 150 valence electrons. The third kappa shape index (κ3) is 7.71. The van der Waals surface area contributed by atoms with Crippen LogP contribution in [-0.4, -0.2) is 49.8 Å². The quantitative estimate of drug-likeness (QED) is 0.236. The van der Waals surface area contributed by atoms with Gasteiger partial charge in [0, 0.05) is 44.1 Å². The average molecular weight is 551 g/mol. The molecule has 0 atom stereocenters. The molecule has 0 aliphatic rings. The molecule has 8 heteroatoms. The molecule has 0 unspecified atom stereocenters. The molecule has 0 radical (unpaired) electrons. The molecular weight excluding hydrogens is 523 g/mol. The lowest BCUT2D eigenvalue weighted by atomic mass is 10.2. The van der Waals surface area contributed by atoms with E-state index in [0.717, 1.165) is 28.3 Å². The number of guanidine groups is 1. The monoisotopic (exact) mass is 550 g/mol. The first-order chi connectivity index (χ1) is 12.5. The SMILES string of the molecule is CN=C(NCCOCc1cccc(OC)c1)N(C)Cc1cc(Br)cn1C.I. The Balaban J connectivity index is 0.00000364. The Morgan fingerprint density at radius 3 is 2.74 bits per heavy atom. The van der Waals surface area contributed by atoms with Crippen molar-refractivity contribution in [2.45, 2.75) is 13.2 Å². The predicted octanol–water partition coefficient (Wildman–Crippen LogP) is 3.64. The van der Waals surface area contributed by atoms with Gasteiger partial charge in [-0.1, -0.05) is 12.1 Å². The number of hydrogen-bond donors (Lipinski definition) is 1. The minimum absolute atomic E-state index is 0. The zero-order valence-electron chi connectivity index (χ0n) is 16.2. The fraction of sp³-hybridized carbons (Fsp3) is 0.421. The van der Waals surface area contributed by atoms with Crippen molar-refractivity contribution in [1.29, 1.82) is 0 Å². The van der Waals surface area contributed by atoms with Crippen LogP contribution in [0.15, 0.2) is 46.0 Å². The first-order valence-electron chi connectivity index (χ1n) is 8.46. The van der Waals surface area contributed by atoms with Crippen LogP contribution in [0.25, 0.3) is 0 Å². The van der Waals surface area contributed by atoms with E-state index in [-0.39, 0.29) is 24.0 Å². The molecule has 1 aromatic heterocycles. The maximum atomic E-state index is 5.73. The molecule has 2 aromatic rings. The lowest BCUT2D eigenvalue weighted by Crippen LogP contribution is -2.40. The molecule has 0 saturated carbocycles. The molecule has 0 amide bonds. The Hall–Kier alpha value is -1.26. The lowest BCUT2D eigenvalue weighted by molar-refractivity contribution is 0.125. The largest absolute Gasteiger partial charge is 0.497 e. The summed E-state index contributed by atoms with van der Waals surface area (Å²) in [4.78, 5) is 6.42. The van der Waals surface area contributed by atoms with Crippen molar-refractivity contribution in [2.75, 3.05) is 34.4 Å². The number of nitrogens with one attached hydrogen (secondary N) is 1. The van der Waals surface area contributed by atoms with Crippen LogP contribution in [0.4, 0.5) is 0 Å². The van der Waals surface area contributed by atoms with Gasteiger partial charge in [-0.3, -0.25) is 4.99 Å². The highest BCUT2D eigenvalue weighted by Crippen LogP contribution is 2.15. The summed E-state index contributed by atoms with van der Waals surface area (Å²) >= 11 is 3.50. The van der Waals surface area contributed by atoms with Crippen molar-refractivity contribution < 1.29 is 9.47 Å². The molecule has 1 aromatic carbocycles. The maximum absolute atomic E-state index is 5.73. The average Bonchev–Trinajstić information content (AvgIpc) is 2.95. The van der Waals surface area contributed by atoms with Crippen molar-refractivity contribution in [2.24, 2.45) is 12.0 Å². The fourth-order valence-electron chi connectivity index (χ4n) is 2.61. The van der Waals surface area contributed by atoms with Gasteiger partial charge in [-0.25, -0.2) is 0 Å². The Morgan fingerprint density at radius 2 is 2.11 bits per heavy atom. The van der Waals surface area contributed by atoms with Crippen molar-refractivity contribution in [1.82, 2.24) is 14.8 Å². The smallest absolute Gasteiger partial charge is 0.193 e. The predicted molar refractivity (Wildman–Crippen MR) is 124 cm³/mol. The maximum Gasteiger partial charge on any atom is 0.193 e. The molecule has 0 aliphatic carbocycles. The normalized spacial score (nSPS) is 11.1. The highest BCUT2D eigenvalue weighted by Gasteiger charge is 2.09. The Labute approximate surface area is 187 Å². The van der Waals surface area contributed by atoms with E-state index in [0.29, 0.717) is 19.8 Å². The first kappa shape index (κ1) is 23.8. The van der Waals surface area contributed by atoms with Crippen molar-refractivity contribution in [3.05, 3.63) is 52.3 Å². The summed E-state index contributed by atoms with van der Waals surface area (Å²) in [6.07, 6.45) is 2.05. The minimum atomic E-state index is 0. The van der Waals surface area contributed by atoms with Gasteiger partial charge in [0.2, 0.25) is 0 Å². The van der Waals surface area contributed by atoms with Crippen LogP contribution in [-0.2, 0) is 24.9 Å². The number of rotatable bonds is 8. The van der Waals surface area contributed by atoms with Crippen molar-refractivity contribution >= 4 is 45.9 Å². The lowest BCUT2D eigenvalue weighted by Gasteiger charge is -2.22. The molecule has 0 saturated heterocycles. The van der Waals surface area contributed by atoms with Crippen LogP contribution in [0, 0.1) is 0 Å². The van der Waals surface area contributed by atoms with Gasteiger partial charge >= 0.3 is 0 Å². The number of aliphatic imine (C=N–C) groups is 1. The molecule has 0 spiro atoms. The van der Waals surface area contributed by atoms with Gasteiger partial charge in [-0.15, -0.1) is 24.0 Å². The number of benzene rings is 1. The van der Waals surface area contributed by atoms with E-state index < -0.39 is 0 Å². The summed E-state index contributed by atoms with van der Waals surface area (Å²) in [7, 11) is 7.51. The number of hydrogen-bond acceptors (Lipinski definition) is 3.